The number of nitrogens with zero attached hydrogens (tertiary/aromatic N) is 1. The summed E-state index contributed by atoms with van der Waals surface area (Å²) in [6.45, 7) is 0. The molecule has 114 valence electrons. The average molecular weight is 301 g/mol. The summed E-state index contributed by atoms with van der Waals surface area (Å²) in [4.78, 5) is 10.5. The molecule has 0 spiro atoms. The van der Waals surface area contributed by atoms with Gasteiger partial charge in [0.1, 0.15) is 5.75 Å². The molecule has 2 aromatic rings. The van der Waals surface area contributed by atoms with Crippen LogP contribution < -0.4 is 9.47 Å². The highest BCUT2D eigenvalue weighted by Crippen LogP contribution is 2.29. The molecule has 0 atom stereocenters. The van der Waals surface area contributed by atoms with Crippen LogP contribution in [0.4, 0.5) is 5.69 Å². The Bertz CT molecular complexity index is 724. The van der Waals surface area contributed by atoms with Crippen molar-refractivity contribution in [2.24, 2.45) is 0 Å². The molecule has 0 aromatic heterocycles. The molecule has 0 aliphatic heterocycles. The summed E-state index contributed by atoms with van der Waals surface area (Å²) < 4.78 is 10.4. The van der Waals surface area contributed by atoms with Gasteiger partial charge in [0.05, 0.1) is 24.7 Å². The van der Waals surface area contributed by atoms with Gasteiger partial charge in [-0.15, -0.1) is 0 Å². The molecular formula is C16H15NO5. The summed E-state index contributed by atoms with van der Waals surface area (Å²) in [6.07, 6.45) is 3.27. The first-order valence-electron chi connectivity index (χ1n) is 6.42. The van der Waals surface area contributed by atoms with Crippen molar-refractivity contribution in [2.45, 2.75) is 0 Å². The minimum Gasteiger partial charge on any atom is -0.508 e. The molecule has 22 heavy (non-hydrogen) atoms. The molecule has 0 aliphatic carbocycles. The largest absolute Gasteiger partial charge is 0.508 e. The molecule has 2 aromatic carbocycles. The lowest BCUT2D eigenvalue weighted by Gasteiger charge is -2.07. The van der Waals surface area contributed by atoms with E-state index in [0.29, 0.717) is 17.1 Å². The second-order valence-electron chi connectivity index (χ2n) is 4.45. The maximum atomic E-state index is 11.0. The first kappa shape index (κ1) is 15.4. The number of nitro benzene ring substituents is 1. The van der Waals surface area contributed by atoms with E-state index in [-0.39, 0.29) is 11.4 Å². The lowest BCUT2D eigenvalue weighted by atomic mass is 10.1. The van der Waals surface area contributed by atoms with Gasteiger partial charge in [-0.05, 0) is 35.9 Å². The number of hydrogen-bond acceptors (Lipinski definition) is 5. The third-order valence-electron chi connectivity index (χ3n) is 3.07. The Hall–Kier alpha value is -3.02. The van der Waals surface area contributed by atoms with Gasteiger partial charge >= 0.3 is 0 Å². The van der Waals surface area contributed by atoms with Gasteiger partial charge in [0, 0.05) is 6.07 Å². The maximum absolute atomic E-state index is 11.0. The Balaban J connectivity index is 2.36. The van der Waals surface area contributed by atoms with Gasteiger partial charge in [-0.3, -0.25) is 10.1 Å². The zero-order valence-electron chi connectivity index (χ0n) is 12.1. The summed E-state index contributed by atoms with van der Waals surface area (Å²) in [7, 11) is 3.08. The normalized spacial score (nSPS) is 10.6. The molecule has 0 saturated heterocycles. The highest BCUT2D eigenvalue weighted by atomic mass is 16.6. The Morgan fingerprint density at radius 3 is 2.41 bits per heavy atom. The van der Waals surface area contributed by atoms with E-state index in [1.54, 1.807) is 37.5 Å². The molecule has 0 unspecified atom stereocenters. The van der Waals surface area contributed by atoms with Crippen LogP contribution in [0.5, 0.6) is 17.2 Å². The summed E-state index contributed by atoms with van der Waals surface area (Å²) in [5, 5.41) is 20.5. The van der Waals surface area contributed by atoms with Crippen molar-refractivity contribution >= 4 is 17.8 Å². The van der Waals surface area contributed by atoms with Crippen molar-refractivity contribution in [2.75, 3.05) is 14.2 Å². The monoisotopic (exact) mass is 301 g/mol. The zero-order valence-corrected chi connectivity index (χ0v) is 12.1. The van der Waals surface area contributed by atoms with Crippen LogP contribution >= 0.6 is 0 Å². The van der Waals surface area contributed by atoms with E-state index in [0.717, 1.165) is 5.56 Å². The van der Waals surface area contributed by atoms with Gasteiger partial charge < -0.3 is 14.6 Å². The van der Waals surface area contributed by atoms with Gasteiger partial charge in [0.15, 0.2) is 11.5 Å². The SMILES string of the molecule is COc1ccc(C=Cc2cc(O)ccc2[N+](=O)[O-])cc1OC. The van der Waals surface area contributed by atoms with Crippen LogP contribution in [-0.2, 0) is 0 Å². The van der Waals surface area contributed by atoms with Crippen LogP contribution in [0.25, 0.3) is 12.2 Å². The van der Waals surface area contributed by atoms with Crippen LogP contribution in [0.1, 0.15) is 11.1 Å². The van der Waals surface area contributed by atoms with E-state index in [1.165, 1.54) is 25.3 Å². The number of benzene rings is 2. The number of rotatable bonds is 5. The molecule has 0 aliphatic rings. The standard InChI is InChI=1S/C16H15NO5/c1-21-15-8-4-11(9-16(15)22-2)3-5-12-10-13(18)6-7-14(12)17(19)20/h3-10,18H,1-2H3. The van der Waals surface area contributed by atoms with E-state index in [4.69, 9.17) is 9.47 Å². The van der Waals surface area contributed by atoms with Crippen molar-refractivity contribution in [1.82, 2.24) is 0 Å². The molecular weight excluding hydrogens is 286 g/mol. The van der Waals surface area contributed by atoms with Crippen molar-refractivity contribution in [3.05, 3.63) is 57.6 Å². The van der Waals surface area contributed by atoms with E-state index in [2.05, 4.69) is 0 Å². The lowest BCUT2D eigenvalue weighted by Crippen LogP contribution is -1.91. The molecule has 0 amide bonds. The van der Waals surface area contributed by atoms with E-state index in [1.807, 2.05) is 0 Å². The fraction of sp³-hybridized carbons (Fsp3) is 0.125. The fourth-order valence-electron chi connectivity index (χ4n) is 1.98. The van der Waals surface area contributed by atoms with Crippen LogP contribution in [0.2, 0.25) is 0 Å². The smallest absolute Gasteiger partial charge is 0.276 e. The van der Waals surface area contributed by atoms with Crippen LogP contribution in [-0.4, -0.2) is 24.2 Å². The zero-order chi connectivity index (χ0) is 16.1. The highest BCUT2D eigenvalue weighted by molar-refractivity contribution is 5.75. The Labute approximate surface area is 127 Å². The third kappa shape index (κ3) is 3.35. The van der Waals surface area contributed by atoms with Gasteiger partial charge in [-0.25, -0.2) is 0 Å². The summed E-state index contributed by atoms with van der Waals surface area (Å²) in [5.74, 6) is 1.13. The molecule has 6 heteroatoms. The average Bonchev–Trinajstić information content (AvgIpc) is 2.52. The van der Waals surface area contributed by atoms with Crippen molar-refractivity contribution in [3.8, 4) is 17.2 Å². The van der Waals surface area contributed by atoms with Gasteiger partial charge in [0.2, 0.25) is 0 Å². The van der Waals surface area contributed by atoms with E-state index in [9.17, 15) is 15.2 Å². The Kier molecular flexibility index (Phi) is 4.63. The van der Waals surface area contributed by atoms with Gasteiger partial charge in [-0.2, -0.15) is 0 Å². The number of phenols is 1. The Morgan fingerprint density at radius 2 is 1.77 bits per heavy atom. The summed E-state index contributed by atoms with van der Waals surface area (Å²) >= 11 is 0. The minimum absolute atomic E-state index is 0.0300. The van der Waals surface area contributed by atoms with Gasteiger partial charge in [0.25, 0.3) is 5.69 Å². The molecule has 0 saturated carbocycles. The van der Waals surface area contributed by atoms with Crippen LogP contribution in [0.3, 0.4) is 0 Å². The van der Waals surface area contributed by atoms with Crippen molar-refractivity contribution < 1.29 is 19.5 Å². The molecule has 1 N–H and O–H groups in total. The van der Waals surface area contributed by atoms with Gasteiger partial charge in [-0.1, -0.05) is 12.1 Å². The highest BCUT2D eigenvalue weighted by Gasteiger charge is 2.11. The molecule has 2 rings (SSSR count). The van der Waals surface area contributed by atoms with E-state index < -0.39 is 4.92 Å². The number of hydrogen-bond donors (Lipinski definition) is 1. The number of nitro groups is 1. The van der Waals surface area contributed by atoms with Crippen LogP contribution in [0.15, 0.2) is 36.4 Å². The number of aromatic hydroxyl groups is 1. The number of ether oxygens (including phenoxy) is 2. The lowest BCUT2D eigenvalue weighted by molar-refractivity contribution is -0.385. The number of methoxy groups -OCH3 is 2. The van der Waals surface area contributed by atoms with E-state index >= 15 is 0 Å². The predicted molar refractivity (Wildman–Crippen MR) is 83.2 cm³/mol. The molecule has 0 fully saturated rings. The fourth-order valence-corrected chi connectivity index (χ4v) is 1.98. The van der Waals surface area contributed by atoms with Crippen LogP contribution in [0, 0.1) is 10.1 Å². The maximum Gasteiger partial charge on any atom is 0.276 e. The topological polar surface area (TPSA) is 81.8 Å². The first-order chi connectivity index (χ1) is 10.5. The van der Waals surface area contributed by atoms with Crippen molar-refractivity contribution in [1.29, 1.82) is 0 Å². The third-order valence-corrected chi connectivity index (χ3v) is 3.07. The molecule has 6 nitrogen and oxygen atoms in total. The second kappa shape index (κ2) is 6.62. The molecule has 0 radical (unpaired) electrons. The molecule has 0 heterocycles. The van der Waals surface area contributed by atoms with Crippen molar-refractivity contribution in [3.63, 3.8) is 0 Å². The second-order valence-corrected chi connectivity index (χ2v) is 4.45. The summed E-state index contributed by atoms with van der Waals surface area (Å²) in [5.41, 5.74) is 1.03. The quantitative estimate of drug-likeness (QED) is 0.519. The summed E-state index contributed by atoms with van der Waals surface area (Å²) in [6, 6.07) is 9.19. The minimum atomic E-state index is -0.492. The predicted octanol–water partition coefficient (Wildman–Crippen LogP) is 3.49. The first-order valence-corrected chi connectivity index (χ1v) is 6.42. The molecule has 0 bridgehead atoms. The Morgan fingerprint density at radius 1 is 1.05 bits per heavy atom. The number of phenolic OH excluding ortho intramolecular Hbond substituents is 1.